The average Bonchev–Trinajstić information content (AvgIpc) is 2.46. The van der Waals surface area contributed by atoms with E-state index in [0.717, 1.165) is 17.5 Å². The Bertz CT molecular complexity index is 547. The minimum Gasteiger partial charge on any atom is -0.489 e. The molecule has 0 N–H and O–H groups in total. The first-order valence-electron chi connectivity index (χ1n) is 6.13. The molecule has 2 aromatic rings. The van der Waals surface area contributed by atoms with Gasteiger partial charge in [-0.25, -0.2) is 0 Å². The summed E-state index contributed by atoms with van der Waals surface area (Å²) in [6.45, 7) is 0.496. The topological polar surface area (TPSA) is 29.5 Å². The summed E-state index contributed by atoms with van der Waals surface area (Å²) in [7, 11) is 4.02. The molecule has 19 heavy (non-hydrogen) atoms. The van der Waals surface area contributed by atoms with E-state index in [-0.39, 0.29) is 0 Å². The van der Waals surface area contributed by atoms with E-state index in [2.05, 4.69) is 17.0 Å². The maximum atomic E-state index is 10.7. The number of hydrogen-bond donors (Lipinski definition) is 0. The third-order valence-corrected chi connectivity index (χ3v) is 2.85. The maximum Gasteiger partial charge on any atom is 0.150 e. The summed E-state index contributed by atoms with van der Waals surface area (Å²) < 4.78 is 5.66. The first-order valence-corrected chi connectivity index (χ1v) is 6.13. The molecule has 0 amide bonds. The number of benzene rings is 2. The van der Waals surface area contributed by atoms with Crippen molar-refractivity contribution in [3.8, 4) is 5.75 Å². The van der Waals surface area contributed by atoms with Crippen LogP contribution in [0.25, 0.3) is 0 Å². The van der Waals surface area contributed by atoms with Crippen molar-refractivity contribution in [3.05, 3.63) is 59.7 Å². The van der Waals surface area contributed by atoms with E-state index in [1.54, 1.807) is 12.1 Å². The van der Waals surface area contributed by atoms with Gasteiger partial charge in [-0.3, -0.25) is 4.79 Å². The lowest BCUT2D eigenvalue weighted by Gasteiger charge is -2.13. The summed E-state index contributed by atoms with van der Waals surface area (Å²) in [6.07, 6.45) is 0.818. The van der Waals surface area contributed by atoms with Crippen LogP contribution in [0.3, 0.4) is 0 Å². The number of hydrogen-bond acceptors (Lipinski definition) is 3. The predicted molar refractivity (Wildman–Crippen MR) is 76.9 cm³/mol. The van der Waals surface area contributed by atoms with Gasteiger partial charge in [-0.15, -0.1) is 0 Å². The minimum absolute atomic E-state index is 0.496. The fourth-order valence-corrected chi connectivity index (χ4v) is 1.73. The Labute approximate surface area is 113 Å². The lowest BCUT2D eigenvalue weighted by atomic mass is 10.2. The van der Waals surface area contributed by atoms with Crippen LogP contribution in [0.5, 0.6) is 5.75 Å². The molecule has 0 saturated carbocycles. The van der Waals surface area contributed by atoms with Crippen LogP contribution in [0, 0.1) is 0 Å². The summed E-state index contributed by atoms with van der Waals surface area (Å²) in [6, 6.07) is 15.3. The summed E-state index contributed by atoms with van der Waals surface area (Å²) in [5.74, 6) is 0.710. The lowest BCUT2D eigenvalue weighted by molar-refractivity contribution is 0.112. The van der Waals surface area contributed by atoms with Gasteiger partial charge in [0.05, 0.1) is 0 Å². The molecule has 3 nitrogen and oxygen atoms in total. The monoisotopic (exact) mass is 255 g/mol. The first-order chi connectivity index (χ1) is 9.19. The van der Waals surface area contributed by atoms with Crippen LogP contribution in [-0.2, 0) is 6.61 Å². The second kappa shape index (κ2) is 6.05. The molecule has 0 fully saturated rings. The van der Waals surface area contributed by atoms with Crippen LogP contribution in [-0.4, -0.2) is 20.4 Å². The van der Waals surface area contributed by atoms with E-state index in [9.17, 15) is 4.79 Å². The van der Waals surface area contributed by atoms with Crippen molar-refractivity contribution in [1.82, 2.24) is 0 Å². The van der Waals surface area contributed by atoms with Crippen LogP contribution in [0.2, 0.25) is 0 Å². The van der Waals surface area contributed by atoms with Crippen molar-refractivity contribution in [1.29, 1.82) is 0 Å². The molecule has 0 radical (unpaired) electrons. The van der Waals surface area contributed by atoms with Crippen molar-refractivity contribution in [2.75, 3.05) is 19.0 Å². The Hall–Kier alpha value is -2.29. The Balaban J connectivity index is 1.99. The molecule has 0 aliphatic rings. The first kappa shape index (κ1) is 13.1. The number of ether oxygens (including phenoxy) is 1. The van der Waals surface area contributed by atoms with Crippen molar-refractivity contribution < 1.29 is 9.53 Å². The molecule has 0 aromatic heterocycles. The average molecular weight is 255 g/mol. The van der Waals surface area contributed by atoms with Gasteiger partial charge in [0, 0.05) is 25.3 Å². The fraction of sp³-hybridized carbons (Fsp3) is 0.188. The molecule has 0 unspecified atom stereocenters. The number of anilines is 1. The number of rotatable bonds is 5. The van der Waals surface area contributed by atoms with Crippen molar-refractivity contribution in [2.45, 2.75) is 6.61 Å². The lowest BCUT2D eigenvalue weighted by Crippen LogP contribution is -2.08. The van der Waals surface area contributed by atoms with Gasteiger partial charge >= 0.3 is 0 Å². The van der Waals surface area contributed by atoms with E-state index in [0.29, 0.717) is 17.9 Å². The molecule has 2 aromatic carbocycles. The van der Waals surface area contributed by atoms with Crippen LogP contribution >= 0.6 is 0 Å². The smallest absolute Gasteiger partial charge is 0.150 e. The summed E-state index contributed by atoms with van der Waals surface area (Å²) >= 11 is 0. The van der Waals surface area contributed by atoms with E-state index in [1.807, 2.05) is 38.4 Å². The zero-order valence-electron chi connectivity index (χ0n) is 11.2. The zero-order chi connectivity index (χ0) is 13.7. The molecular formula is C16H17NO2. The molecule has 0 bridgehead atoms. The molecule has 0 aliphatic heterocycles. The zero-order valence-corrected chi connectivity index (χ0v) is 11.2. The van der Waals surface area contributed by atoms with Crippen LogP contribution in [0.1, 0.15) is 15.9 Å². The van der Waals surface area contributed by atoms with Gasteiger partial charge in [-0.05, 0) is 29.8 Å². The van der Waals surface area contributed by atoms with Crippen molar-refractivity contribution in [3.63, 3.8) is 0 Å². The Kier molecular flexibility index (Phi) is 4.18. The van der Waals surface area contributed by atoms with Gasteiger partial charge in [0.2, 0.25) is 0 Å². The van der Waals surface area contributed by atoms with Gasteiger partial charge in [0.1, 0.15) is 18.6 Å². The van der Waals surface area contributed by atoms with Crippen molar-refractivity contribution >= 4 is 12.0 Å². The third-order valence-electron chi connectivity index (χ3n) is 2.85. The van der Waals surface area contributed by atoms with Gasteiger partial charge < -0.3 is 9.64 Å². The van der Waals surface area contributed by atoms with Gasteiger partial charge in [-0.2, -0.15) is 0 Å². The quantitative estimate of drug-likeness (QED) is 0.769. The molecule has 0 aliphatic carbocycles. The number of carbonyl (C=O) groups excluding carboxylic acids is 1. The maximum absolute atomic E-state index is 10.7. The van der Waals surface area contributed by atoms with Gasteiger partial charge in [-0.1, -0.05) is 24.3 Å². The molecule has 0 saturated heterocycles. The summed E-state index contributed by atoms with van der Waals surface area (Å²) in [5, 5.41) is 0. The van der Waals surface area contributed by atoms with E-state index in [1.165, 1.54) is 0 Å². The standard InChI is InChI=1S/C16H17NO2/c1-17(2)15-8-6-13(7-9-15)12-19-16-5-3-4-14(10-16)11-18/h3-11H,12H2,1-2H3. The highest BCUT2D eigenvalue weighted by Gasteiger charge is 1.99. The normalized spacial score (nSPS) is 10.0. The minimum atomic E-state index is 0.496. The highest BCUT2D eigenvalue weighted by molar-refractivity contribution is 5.75. The number of nitrogens with zero attached hydrogens (tertiary/aromatic N) is 1. The Morgan fingerprint density at radius 1 is 1.11 bits per heavy atom. The predicted octanol–water partition coefficient (Wildman–Crippen LogP) is 3.14. The second-order valence-corrected chi connectivity index (χ2v) is 4.54. The third kappa shape index (κ3) is 3.58. The van der Waals surface area contributed by atoms with Crippen LogP contribution in [0.4, 0.5) is 5.69 Å². The van der Waals surface area contributed by atoms with E-state index < -0.39 is 0 Å². The fourth-order valence-electron chi connectivity index (χ4n) is 1.73. The Morgan fingerprint density at radius 2 is 1.84 bits per heavy atom. The Morgan fingerprint density at radius 3 is 2.47 bits per heavy atom. The number of carbonyl (C=O) groups is 1. The van der Waals surface area contributed by atoms with Gasteiger partial charge in [0.25, 0.3) is 0 Å². The second-order valence-electron chi connectivity index (χ2n) is 4.54. The van der Waals surface area contributed by atoms with Crippen molar-refractivity contribution in [2.24, 2.45) is 0 Å². The highest BCUT2D eigenvalue weighted by atomic mass is 16.5. The summed E-state index contributed by atoms with van der Waals surface area (Å²) in [4.78, 5) is 12.7. The summed E-state index contributed by atoms with van der Waals surface area (Å²) in [5.41, 5.74) is 2.88. The van der Waals surface area contributed by atoms with E-state index in [4.69, 9.17) is 4.74 Å². The molecule has 2 rings (SSSR count). The van der Waals surface area contributed by atoms with Gasteiger partial charge in [0.15, 0.2) is 0 Å². The molecule has 0 atom stereocenters. The van der Waals surface area contributed by atoms with E-state index >= 15 is 0 Å². The largest absolute Gasteiger partial charge is 0.489 e. The molecule has 0 spiro atoms. The van der Waals surface area contributed by atoms with Crippen LogP contribution in [0.15, 0.2) is 48.5 Å². The SMILES string of the molecule is CN(C)c1ccc(COc2cccc(C=O)c2)cc1. The molecular weight excluding hydrogens is 238 g/mol. The van der Waals surface area contributed by atoms with Crippen LogP contribution < -0.4 is 9.64 Å². The highest BCUT2D eigenvalue weighted by Crippen LogP contribution is 2.16. The molecule has 3 heteroatoms. The molecule has 98 valence electrons. The number of aldehydes is 1. The molecule has 0 heterocycles.